The maximum Gasteiger partial charge on any atom is 0.300 e. The van der Waals surface area contributed by atoms with E-state index >= 15 is 0 Å². The molecule has 31 heavy (non-hydrogen) atoms. The number of halogens is 2. The fourth-order valence-electron chi connectivity index (χ4n) is 3.68. The van der Waals surface area contributed by atoms with E-state index in [1.807, 2.05) is 13.0 Å². The molecule has 1 fully saturated rings. The second-order valence-corrected chi connectivity index (χ2v) is 7.84. The third-order valence-corrected chi connectivity index (χ3v) is 5.50. The van der Waals surface area contributed by atoms with Gasteiger partial charge in [0.05, 0.1) is 29.5 Å². The number of carbonyl (C=O) groups is 2. The fraction of sp³-hybridized carbons (Fsp3) is 0.130. The first-order chi connectivity index (χ1) is 14.8. The first-order valence-electron chi connectivity index (χ1n) is 9.28. The Labute approximate surface area is 188 Å². The monoisotopic (exact) mass is 457 g/mol. The smallest absolute Gasteiger partial charge is 0.300 e. The van der Waals surface area contributed by atoms with Crippen molar-refractivity contribution in [2.75, 3.05) is 12.0 Å². The number of anilines is 1. The second kappa shape index (κ2) is 8.13. The van der Waals surface area contributed by atoms with Gasteiger partial charge < -0.3 is 14.3 Å². The summed E-state index contributed by atoms with van der Waals surface area (Å²) in [6.07, 6.45) is 1.43. The van der Waals surface area contributed by atoms with Gasteiger partial charge in [-0.15, -0.1) is 0 Å². The van der Waals surface area contributed by atoms with Crippen molar-refractivity contribution in [2.24, 2.45) is 0 Å². The predicted molar refractivity (Wildman–Crippen MR) is 118 cm³/mol. The van der Waals surface area contributed by atoms with E-state index in [9.17, 15) is 14.7 Å². The Morgan fingerprint density at radius 1 is 1.13 bits per heavy atom. The van der Waals surface area contributed by atoms with Crippen LogP contribution in [0.25, 0.3) is 5.76 Å². The van der Waals surface area contributed by atoms with E-state index in [0.29, 0.717) is 11.4 Å². The number of ether oxygens (including phenoxy) is 1. The topological polar surface area (TPSA) is 80.0 Å². The van der Waals surface area contributed by atoms with E-state index in [1.165, 1.54) is 30.4 Å². The highest BCUT2D eigenvalue weighted by Gasteiger charge is 2.48. The molecule has 1 unspecified atom stereocenters. The number of aliphatic hydroxyl groups excluding tert-OH is 1. The molecule has 2 aromatic carbocycles. The summed E-state index contributed by atoms with van der Waals surface area (Å²) in [5, 5.41) is 11.6. The number of nitrogens with zero attached hydrogens (tertiary/aromatic N) is 1. The Balaban J connectivity index is 1.99. The van der Waals surface area contributed by atoms with E-state index in [-0.39, 0.29) is 26.9 Å². The number of hydrogen-bond acceptors (Lipinski definition) is 5. The number of benzene rings is 2. The van der Waals surface area contributed by atoms with Crippen molar-refractivity contribution in [1.82, 2.24) is 0 Å². The summed E-state index contributed by atoms with van der Waals surface area (Å²) in [5.74, 6) is -1.67. The largest absolute Gasteiger partial charge is 0.507 e. The molecule has 1 N–H and O–H groups in total. The molecule has 8 heteroatoms. The van der Waals surface area contributed by atoms with E-state index in [4.69, 9.17) is 32.4 Å². The van der Waals surface area contributed by atoms with Gasteiger partial charge in [-0.25, -0.2) is 0 Å². The van der Waals surface area contributed by atoms with Crippen LogP contribution in [0.4, 0.5) is 5.69 Å². The quantitative estimate of drug-likeness (QED) is 0.316. The minimum atomic E-state index is -0.987. The Bertz CT molecular complexity index is 1220. The highest BCUT2D eigenvalue weighted by atomic mass is 35.5. The molecule has 4 rings (SSSR count). The van der Waals surface area contributed by atoms with E-state index < -0.39 is 23.5 Å². The van der Waals surface area contributed by atoms with Crippen LogP contribution in [-0.2, 0) is 9.59 Å². The summed E-state index contributed by atoms with van der Waals surface area (Å²) >= 11 is 12.3. The van der Waals surface area contributed by atoms with Gasteiger partial charge in [0.1, 0.15) is 23.3 Å². The number of carbonyl (C=O) groups excluding carboxylic acids is 2. The highest BCUT2D eigenvalue weighted by Crippen LogP contribution is 2.45. The molecule has 0 radical (unpaired) electrons. The zero-order valence-electron chi connectivity index (χ0n) is 16.6. The van der Waals surface area contributed by atoms with Crippen molar-refractivity contribution in [3.05, 3.63) is 87.3 Å². The number of aryl methyl sites for hydroxylation is 1. The summed E-state index contributed by atoms with van der Waals surface area (Å²) in [5.41, 5.74) is 1.34. The van der Waals surface area contributed by atoms with Crippen LogP contribution in [0.3, 0.4) is 0 Å². The minimum Gasteiger partial charge on any atom is -0.507 e. The van der Waals surface area contributed by atoms with Gasteiger partial charge in [-0.2, -0.15) is 0 Å². The van der Waals surface area contributed by atoms with Crippen molar-refractivity contribution < 1.29 is 23.8 Å². The third kappa shape index (κ3) is 3.58. The molecule has 0 spiro atoms. The molecule has 1 aliphatic heterocycles. The zero-order valence-corrected chi connectivity index (χ0v) is 18.1. The molecule has 158 valence electrons. The highest BCUT2D eigenvalue weighted by molar-refractivity contribution is 6.51. The van der Waals surface area contributed by atoms with Crippen molar-refractivity contribution >= 4 is 46.3 Å². The SMILES string of the molecule is COc1c(Cl)cc(Cl)cc1/C(O)=C1/C(=O)C(=O)N(c2cccc(C)c2)C1c1ccco1. The second-order valence-electron chi connectivity index (χ2n) is 6.99. The van der Waals surface area contributed by atoms with Gasteiger partial charge in [-0.3, -0.25) is 14.5 Å². The maximum absolute atomic E-state index is 13.1. The molecular formula is C23H17Cl2NO5. The van der Waals surface area contributed by atoms with Crippen molar-refractivity contribution in [1.29, 1.82) is 0 Å². The number of rotatable bonds is 4. The van der Waals surface area contributed by atoms with Gasteiger partial charge in [0, 0.05) is 10.7 Å². The Kier molecular flexibility index (Phi) is 5.52. The van der Waals surface area contributed by atoms with Gasteiger partial charge in [0.25, 0.3) is 11.7 Å². The van der Waals surface area contributed by atoms with Gasteiger partial charge >= 0.3 is 0 Å². The van der Waals surface area contributed by atoms with Crippen LogP contribution < -0.4 is 9.64 Å². The van der Waals surface area contributed by atoms with Crippen LogP contribution in [-0.4, -0.2) is 23.9 Å². The summed E-state index contributed by atoms with van der Waals surface area (Å²) in [4.78, 5) is 27.5. The van der Waals surface area contributed by atoms with E-state index in [1.54, 1.807) is 30.3 Å². The summed E-state index contributed by atoms with van der Waals surface area (Å²) in [7, 11) is 1.38. The fourth-order valence-corrected chi connectivity index (χ4v) is 4.25. The van der Waals surface area contributed by atoms with Crippen molar-refractivity contribution in [2.45, 2.75) is 13.0 Å². The first-order valence-corrected chi connectivity index (χ1v) is 10.0. The molecule has 6 nitrogen and oxygen atoms in total. The average molecular weight is 458 g/mol. The van der Waals surface area contributed by atoms with Crippen molar-refractivity contribution in [3.63, 3.8) is 0 Å². The molecule has 1 aromatic heterocycles. The van der Waals surface area contributed by atoms with Crippen LogP contribution in [0.2, 0.25) is 10.0 Å². The number of ketones is 1. The lowest BCUT2D eigenvalue weighted by molar-refractivity contribution is -0.132. The van der Waals surface area contributed by atoms with Gasteiger partial charge in [-0.1, -0.05) is 35.3 Å². The molecule has 2 heterocycles. The standard InChI is InChI=1S/C23H17Cl2NO5/c1-12-5-3-6-14(9-12)26-19(17-7-4-8-31-17)18(21(28)23(26)29)20(27)15-10-13(24)11-16(25)22(15)30-2/h3-11,19,27H,1-2H3/b20-18-. The van der Waals surface area contributed by atoms with Gasteiger partial charge in [-0.05, 0) is 48.9 Å². The lowest BCUT2D eigenvalue weighted by Gasteiger charge is -2.24. The van der Waals surface area contributed by atoms with Crippen molar-refractivity contribution in [3.8, 4) is 5.75 Å². The summed E-state index contributed by atoms with van der Waals surface area (Å²) in [6, 6.07) is 12.3. The third-order valence-electron chi connectivity index (χ3n) is 5.00. The molecule has 1 aliphatic rings. The molecule has 0 aliphatic carbocycles. The molecular weight excluding hydrogens is 441 g/mol. The molecule has 3 aromatic rings. The average Bonchev–Trinajstić information content (AvgIpc) is 3.34. The Morgan fingerprint density at radius 2 is 1.90 bits per heavy atom. The van der Waals surface area contributed by atoms with Crippen LogP contribution in [0.15, 0.2) is 64.8 Å². The summed E-state index contributed by atoms with van der Waals surface area (Å²) in [6.45, 7) is 1.88. The summed E-state index contributed by atoms with van der Waals surface area (Å²) < 4.78 is 10.9. The van der Waals surface area contributed by atoms with Gasteiger partial charge in [0.15, 0.2) is 0 Å². The first kappa shape index (κ1) is 21.0. The predicted octanol–water partition coefficient (Wildman–Crippen LogP) is 5.53. The van der Waals surface area contributed by atoms with Gasteiger partial charge in [0.2, 0.25) is 0 Å². The number of Topliss-reactive ketones (excluding diaryl/α,β-unsaturated/α-hetero) is 1. The Morgan fingerprint density at radius 3 is 2.55 bits per heavy atom. The van der Waals surface area contributed by atoms with E-state index in [0.717, 1.165) is 5.56 Å². The van der Waals surface area contributed by atoms with E-state index in [2.05, 4.69) is 0 Å². The Hall–Kier alpha value is -3.22. The van der Waals surface area contributed by atoms with Crippen LogP contribution in [0, 0.1) is 6.92 Å². The molecule has 0 bridgehead atoms. The molecule has 1 atom stereocenters. The lowest BCUT2D eigenvalue weighted by atomic mass is 9.98. The number of aliphatic hydroxyl groups is 1. The number of amides is 1. The molecule has 1 amide bonds. The minimum absolute atomic E-state index is 0.0961. The number of furan rings is 1. The number of methoxy groups -OCH3 is 1. The van der Waals surface area contributed by atoms with Crippen LogP contribution >= 0.6 is 23.2 Å². The molecule has 0 saturated carbocycles. The van der Waals surface area contributed by atoms with Crippen LogP contribution in [0.1, 0.15) is 22.9 Å². The maximum atomic E-state index is 13.1. The number of hydrogen-bond donors (Lipinski definition) is 1. The van der Waals surface area contributed by atoms with Crippen LogP contribution in [0.5, 0.6) is 5.75 Å². The molecule has 1 saturated heterocycles. The zero-order chi connectivity index (χ0) is 22.3. The normalized spacial score (nSPS) is 17.9. The lowest BCUT2D eigenvalue weighted by Crippen LogP contribution is -2.29.